The molecule has 4 atom stereocenters. The van der Waals surface area contributed by atoms with E-state index in [1.165, 1.54) is 25.7 Å². The molecule has 0 aliphatic heterocycles. The molecule has 2 unspecified atom stereocenters. The zero-order valence-corrected chi connectivity index (χ0v) is 12.4. The summed E-state index contributed by atoms with van der Waals surface area (Å²) in [6.45, 7) is 4.54. The number of phenols is 1. The lowest BCUT2D eigenvalue weighted by Crippen LogP contribution is -2.31. The molecule has 2 aliphatic rings. The Morgan fingerprint density at radius 2 is 1.85 bits per heavy atom. The number of ketones is 1. The maximum atomic E-state index is 13.0. The minimum absolute atomic E-state index is 0.106. The highest BCUT2D eigenvalue weighted by Crippen LogP contribution is 2.63. The number of phenolic OH excluding ortho intramolecular Hbond substituents is 1. The summed E-state index contributed by atoms with van der Waals surface area (Å²) in [6, 6.07) is 6.79. The van der Waals surface area contributed by atoms with Gasteiger partial charge in [-0.25, -0.2) is 0 Å². The predicted octanol–water partition coefficient (Wildman–Crippen LogP) is 4.43. The van der Waals surface area contributed by atoms with Crippen LogP contribution in [0.15, 0.2) is 24.3 Å². The van der Waals surface area contributed by atoms with Crippen molar-refractivity contribution < 1.29 is 9.90 Å². The fourth-order valence-corrected chi connectivity index (χ4v) is 4.30. The molecule has 0 saturated heterocycles. The van der Waals surface area contributed by atoms with Crippen LogP contribution in [0.4, 0.5) is 0 Å². The highest BCUT2D eigenvalue weighted by molar-refractivity contribution is 6.03. The van der Waals surface area contributed by atoms with E-state index in [4.69, 9.17) is 0 Å². The second kappa shape index (κ2) is 4.91. The molecule has 0 amide bonds. The van der Waals surface area contributed by atoms with Crippen LogP contribution in [0.25, 0.3) is 0 Å². The van der Waals surface area contributed by atoms with Crippen LogP contribution in [0.1, 0.15) is 56.3 Å². The maximum Gasteiger partial charge on any atom is 0.169 e. The van der Waals surface area contributed by atoms with Gasteiger partial charge in [-0.3, -0.25) is 4.79 Å². The third-order valence-electron chi connectivity index (χ3n) is 5.58. The van der Waals surface area contributed by atoms with Gasteiger partial charge in [0.2, 0.25) is 0 Å². The summed E-state index contributed by atoms with van der Waals surface area (Å²) in [4.78, 5) is 13.0. The lowest BCUT2D eigenvalue weighted by molar-refractivity contribution is 0.0763. The second-order valence-electron chi connectivity index (χ2n) is 6.99. The van der Waals surface area contributed by atoms with Gasteiger partial charge in [0, 0.05) is 11.0 Å². The molecular weight excluding hydrogens is 248 g/mol. The van der Waals surface area contributed by atoms with Crippen molar-refractivity contribution in [2.24, 2.45) is 23.2 Å². The Labute approximate surface area is 121 Å². The van der Waals surface area contributed by atoms with E-state index < -0.39 is 0 Å². The molecule has 1 aromatic carbocycles. The smallest absolute Gasteiger partial charge is 0.169 e. The van der Waals surface area contributed by atoms with Crippen LogP contribution < -0.4 is 0 Å². The fourth-order valence-electron chi connectivity index (χ4n) is 4.30. The summed E-state index contributed by atoms with van der Waals surface area (Å²) < 4.78 is 0. The van der Waals surface area contributed by atoms with Crippen molar-refractivity contribution in [3.05, 3.63) is 29.8 Å². The number of Topliss-reactive ketones (excluding diaryl/α,β-unsaturated/α-hetero) is 1. The Balaban J connectivity index is 1.85. The van der Waals surface area contributed by atoms with Gasteiger partial charge >= 0.3 is 0 Å². The minimum Gasteiger partial charge on any atom is -0.508 e. The number of hydrogen-bond donors (Lipinski definition) is 1. The van der Waals surface area contributed by atoms with Gasteiger partial charge in [0.05, 0.1) is 0 Å². The van der Waals surface area contributed by atoms with E-state index in [0.29, 0.717) is 17.6 Å². The van der Waals surface area contributed by atoms with Gasteiger partial charge < -0.3 is 5.11 Å². The van der Waals surface area contributed by atoms with Crippen LogP contribution in [-0.4, -0.2) is 10.9 Å². The van der Waals surface area contributed by atoms with Crippen LogP contribution in [0, 0.1) is 23.2 Å². The molecule has 0 aromatic heterocycles. The van der Waals surface area contributed by atoms with Crippen LogP contribution in [0.5, 0.6) is 5.75 Å². The average molecular weight is 272 g/mol. The van der Waals surface area contributed by atoms with E-state index in [1.54, 1.807) is 24.3 Å². The molecular formula is C18H24O2. The number of rotatable bonds is 3. The van der Waals surface area contributed by atoms with Crippen molar-refractivity contribution in [3.63, 3.8) is 0 Å². The Morgan fingerprint density at radius 3 is 2.40 bits per heavy atom. The second-order valence-corrected chi connectivity index (χ2v) is 6.99. The first-order valence-corrected chi connectivity index (χ1v) is 7.88. The summed E-state index contributed by atoms with van der Waals surface area (Å²) in [7, 11) is 0. The van der Waals surface area contributed by atoms with Crippen molar-refractivity contribution in [2.75, 3.05) is 0 Å². The Kier molecular flexibility index (Phi) is 3.35. The van der Waals surface area contributed by atoms with Crippen LogP contribution in [0.3, 0.4) is 0 Å². The molecule has 2 saturated carbocycles. The quantitative estimate of drug-likeness (QED) is 0.827. The number of carbonyl (C=O) groups is 1. The Hall–Kier alpha value is -1.31. The number of carbonyl (C=O) groups excluding carboxylic acids is 1. The molecule has 20 heavy (non-hydrogen) atoms. The first-order valence-electron chi connectivity index (χ1n) is 7.88. The van der Waals surface area contributed by atoms with Crippen LogP contribution in [-0.2, 0) is 0 Å². The van der Waals surface area contributed by atoms with E-state index in [2.05, 4.69) is 13.8 Å². The van der Waals surface area contributed by atoms with Gasteiger partial charge in [-0.15, -0.1) is 0 Å². The topological polar surface area (TPSA) is 37.3 Å². The predicted molar refractivity (Wildman–Crippen MR) is 79.8 cm³/mol. The van der Waals surface area contributed by atoms with Gasteiger partial charge in [0.15, 0.2) is 5.78 Å². The largest absolute Gasteiger partial charge is 0.508 e. The summed E-state index contributed by atoms with van der Waals surface area (Å²) in [5.74, 6) is 2.36. The average Bonchev–Trinajstić information content (AvgIpc) is 3.12. The summed E-state index contributed by atoms with van der Waals surface area (Å²) in [6.07, 6.45) is 6.04. The summed E-state index contributed by atoms with van der Waals surface area (Å²) >= 11 is 0. The Bertz CT molecular complexity index is 505. The molecule has 2 fully saturated rings. The number of aromatic hydroxyl groups is 1. The first kappa shape index (κ1) is 13.7. The molecule has 1 aromatic rings. The number of benzene rings is 1. The van der Waals surface area contributed by atoms with E-state index in [1.807, 2.05) is 0 Å². The normalized spacial score (nSPS) is 36.6. The lowest BCUT2D eigenvalue weighted by atomic mass is 9.70. The van der Waals surface area contributed by atoms with Gasteiger partial charge in [-0.2, -0.15) is 0 Å². The van der Waals surface area contributed by atoms with E-state index >= 15 is 0 Å². The minimum atomic E-state index is -0.106. The summed E-state index contributed by atoms with van der Waals surface area (Å²) in [5, 5.41) is 9.38. The van der Waals surface area contributed by atoms with Crippen molar-refractivity contribution in [3.8, 4) is 5.75 Å². The van der Waals surface area contributed by atoms with Gasteiger partial charge in [0.1, 0.15) is 5.75 Å². The maximum absolute atomic E-state index is 13.0. The molecule has 1 N–H and O–H groups in total. The highest BCUT2D eigenvalue weighted by Gasteiger charge is 2.61. The monoisotopic (exact) mass is 272 g/mol. The molecule has 2 aliphatic carbocycles. The Morgan fingerprint density at radius 1 is 1.20 bits per heavy atom. The van der Waals surface area contributed by atoms with Gasteiger partial charge in [0.25, 0.3) is 0 Å². The molecule has 2 heteroatoms. The SMILES string of the molecule is CC1CC1(C(=O)c1ccc(O)cc1)[C@@H]1CCC[C@H](C)C1. The standard InChI is InChI=1S/C18H24O2/c1-12-4-3-5-15(10-12)18(11-13(18)2)17(20)14-6-8-16(19)9-7-14/h6-9,12-13,15,19H,3-5,10-11H2,1-2H3/t12-,13?,15+,18?/m0/s1. The molecule has 0 bridgehead atoms. The zero-order chi connectivity index (χ0) is 14.3. The van der Waals surface area contributed by atoms with E-state index in [-0.39, 0.29) is 11.2 Å². The molecule has 3 rings (SSSR count). The molecule has 0 radical (unpaired) electrons. The summed E-state index contributed by atoms with van der Waals surface area (Å²) in [5.41, 5.74) is 0.663. The molecule has 0 heterocycles. The van der Waals surface area contributed by atoms with Crippen molar-refractivity contribution in [2.45, 2.75) is 46.0 Å². The van der Waals surface area contributed by atoms with E-state index in [9.17, 15) is 9.90 Å². The van der Waals surface area contributed by atoms with Gasteiger partial charge in [-0.1, -0.05) is 26.7 Å². The van der Waals surface area contributed by atoms with Crippen LogP contribution in [0.2, 0.25) is 0 Å². The molecule has 0 spiro atoms. The van der Waals surface area contributed by atoms with Crippen LogP contribution >= 0.6 is 0 Å². The molecule has 108 valence electrons. The highest BCUT2D eigenvalue weighted by atomic mass is 16.3. The first-order chi connectivity index (χ1) is 9.54. The third kappa shape index (κ3) is 2.15. The van der Waals surface area contributed by atoms with E-state index in [0.717, 1.165) is 17.9 Å². The third-order valence-corrected chi connectivity index (χ3v) is 5.58. The van der Waals surface area contributed by atoms with Crippen molar-refractivity contribution in [1.82, 2.24) is 0 Å². The number of hydrogen-bond acceptors (Lipinski definition) is 2. The van der Waals surface area contributed by atoms with Crippen molar-refractivity contribution in [1.29, 1.82) is 0 Å². The van der Waals surface area contributed by atoms with Gasteiger partial charge in [-0.05, 0) is 61.3 Å². The van der Waals surface area contributed by atoms with Crippen molar-refractivity contribution >= 4 is 5.78 Å². The fraction of sp³-hybridized carbons (Fsp3) is 0.611. The molecule has 2 nitrogen and oxygen atoms in total. The zero-order valence-electron chi connectivity index (χ0n) is 12.4. The lowest BCUT2D eigenvalue weighted by Gasteiger charge is -2.33.